The highest BCUT2D eigenvalue weighted by molar-refractivity contribution is 7.91. The van der Waals surface area contributed by atoms with Crippen molar-refractivity contribution < 1.29 is 13.5 Å². The molecule has 0 atom stereocenters. The number of aromatic amines is 1. The maximum absolute atomic E-state index is 13.0. The molecule has 0 radical (unpaired) electrons. The lowest BCUT2D eigenvalue weighted by Crippen LogP contribution is -2.40. The molecule has 0 bridgehead atoms. The Morgan fingerprint density at radius 3 is 2.53 bits per heavy atom. The van der Waals surface area contributed by atoms with Crippen LogP contribution in [0.2, 0.25) is 0 Å². The number of phenols is 1. The Morgan fingerprint density at radius 2 is 1.84 bits per heavy atom. The van der Waals surface area contributed by atoms with Crippen LogP contribution in [0.1, 0.15) is 43.7 Å². The molecule has 2 fully saturated rings. The molecule has 32 heavy (non-hydrogen) atoms. The number of nitrogens with one attached hydrogen (secondary N) is 1. The highest BCUT2D eigenvalue weighted by Crippen LogP contribution is 2.35. The van der Waals surface area contributed by atoms with E-state index in [1.807, 2.05) is 11.0 Å². The molecule has 2 N–H and O–H groups in total. The SMILES string of the molecule is Cn1nc(C2CCCCC2)c2c(=O)[nH]c(-c3ccc(N4CCS(=O)(=O)CC4)cc3O)nc21. The van der Waals surface area contributed by atoms with Crippen LogP contribution in [0.5, 0.6) is 5.75 Å². The highest BCUT2D eigenvalue weighted by Gasteiger charge is 2.26. The average Bonchev–Trinajstić information content (AvgIpc) is 3.11. The molecule has 0 spiro atoms. The molecular formula is C22H27N5O4S. The maximum atomic E-state index is 13.0. The lowest BCUT2D eigenvalue weighted by atomic mass is 9.86. The van der Waals surface area contributed by atoms with Gasteiger partial charge in [-0.1, -0.05) is 19.3 Å². The zero-order chi connectivity index (χ0) is 22.5. The van der Waals surface area contributed by atoms with E-state index < -0.39 is 9.84 Å². The third kappa shape index (κ3) is 3.76. The molecule has 1 aliphatic heterocycles. The molecule has 5 rings (SSSR count). The van der Waals surface area contributed by atoms with Gasteiger partial charge in [0.25, 0.3) is 5.56 Å². The summed E-state index contributed by atoms with van der Waals surface area (Å²) in [6.45, 7) is 0.780. The van der Waals surface area contributed by atoms with Crippen molar-refractivity contribution in [3.05, 3.63) is 34.2 Å². The van der Waals surface area contributed by atoms with Crippen molar-refractivity contribution in [3.8, 4) is 17.1 Å². The van der Waals surface area contributed by atoms with Crippen LogP contribution in [0.4, 0.5) is 5.69 Å². The second-order valence-electron chi connectivity index (χ2n) is 8.80. The van der Waals surface area contributed by atoms with Gasteiger partial charge in [-0.25, -0.2) is 18.1 Å². The maximum Gasteiger partial charge on any atom is 0.262 e. The molecular weight excluding hydrogens is 430 g/mol. The first-order valence-electron chi connectivity index (χ1n) is 11.1. The molecule has 1 aliphatic carbocycles. The number of benzene rings is 1. The smallest absolute Gasteiger partial charge is 0.262 e. The number of nitrogens with zero attached hydrogens (tertiary/aromatic N) is 4. The quantitative estimate of drug-likeness (QED) is 0.619. The molecule has 10 heteroatoms. The van der Waals surface area contributed by atoms with E-state index in [-0.39, 0.29) is 34.6 Å². The average molecular weight is 458 g/mol. The molecule has 1 aromatic carbocycles. The first-order valence-corrected chi connectivity index (χ1v) is 12.9. The molecule has 1 saturated carbocycles. The van der Waals surface area contributed by atoms with Gasteiger partial charge in [-0.15, -0.1) is 0 Å². The Morgan fingerprint density at radius 1 is 1.12 bits per heavy atom. The van der Waals surface area contributed by atoms with Crippen LogP contribution in [-0.4, -0.2) is 57.9 Å². The van der Waals surface area contributed by atoms with E-state index in [1.54, 1.807) is 23.9 Å². The molecule has 0 amide bonds. The normalized spacial score (nSPS) is 19.5. The predicted molar refractivity (Wildman–Crippen MR) is 123 cm³/mol. The van der Waals surface area contributed by atoms with Crippen molar-refractivity contribution in [1.82, 2.24) is 19.7 Å². The zero-order valence-electron chi connectivity index (χ0n) is 18.0. The summed E-state index contributed by atoms with van der Waals surface area (Å²) in [5, 5.41) is 15.9. The van der Waals surface area contributed by atoms with E-state index in [0.717, 1.165) is 37.1 Å². The summed E-state index contributed by atoms with van der Waals surface area (Å²) in [5.74, 6) is 0.747. The number of aromatic hydroxyl groups is 1. The van der Waals surface area contributed by atoms with E-state index in [0.29, 0.717) is 29.7 Å². The minimum absolute atomic E-state index is 0.0203. The van der Waals surface area contributed by atoms with Gasteiger partial charge in [0.1, 0.15) is 17.0 Å². The number of hydrogen-bond donors (Lipinski definition) is 2. The number of H-pyrrole nitrogens is 1. The van der Waals surface area contributed by atoms with Gasteiger partial charge < -0.3 is 15.0 Å². The molecule has 170 valence electrons. The number of hydrogen-bond acceptors (Lipinski definition) is 7. The van der Waals surface area contributed by atoms with Crippen LogP contribution in [0.3, 0.4) is 0 Å². The summed E-state index contributed by atoms with van der Waals surface area (Å²) in [5.41, 5.74) is 2.24. The summed E-state index contributed by atoms with van der Waals surface area (Å²) in [6, 6.07) is 5.11. The fourth-order valence-electron chi connectivity index (χ4n) is 4.86. The number of phenolic OH excluding ortho intramolecular Hbond substituents is 1. The molecule has 3 aromatic rings. The summed E-state index contributed by atoms with van der Waals surface area (Å²) in [4.78, 5) is 22.4. The number of sulfone groups is 1. The van der Waals surface area contributed by atoms with E-state index in [9.17, 15) is 18.3 Å². The number of aromatic nitrogens is 4. The van der Waals surface area contributed by atoms with Gasteiger partial charge in [0.2, 0.25) is 0 Å². The lowest BCUT2D eigenvalue weighted by molar-refractivity contribution is 0.435. The van der Waals surface area contributed by atoms with Crippen LogP contribution in [0.15, 0.2) is 23.0 Å². The Kier molecular flexibility index (Phi) is 5.19. The second kappa shape index (κ2) is 7.91. The fraction of sp³-hybridized carbons (Fsp3) is 0.500. The number of fused-ring (bicyclic) bond motifs is 1. The molecule has 2 aromatic heterocycles. The van der Waals surface area contributed by atoms with Crippen molar-refractivity contribution in [2.45, 2.75) is 38.0 Å². The molecule has 3 heterocycles. The van der Waals surface area contributed by atoms with Gasteiger partial charge in [0, 0.05) is 37.8 Å². The van der Waals surface area contributed by atoms with Gasteiger partial charge in [-0.3, -0.25) is 4.79 Å². The van der Waals surface area contributed by atoms with Crippen molar-refractivity contribution in [1.29, 1.82) is 0 Å². The fourth-order valence-corrected chi connectivity index (χ4v) is 6.06. The summed E-state index contributed by atoms with van der Waals surface area (Å²) >= 11 is 0. The lowest BCUT2D eigenvalue weighted by Gasteiger charge is -2.29. The number of rotatable bonds is 3. The summed E-state index contributed by atoms with van der Waals surface area (Å²) in [7, 11) is -1.19. The van der Waals surface area contributed by atoms with Gasteiger partial charge in [-0.2, -0.15) is 5.10 Å². The standard InChI is InChI=1S/C22H27N5O4S/c1-26-21-18(19(25-26)14-5-3-2-4-6-14)22(29)24-20(23-21)16-8-7-15(13-17(16)28)27-9-11-32(30,31)12-10-27/h7-8,13-14,28H,2-6,9-12H2,1H3,(H,23,24,29). The predicted octanol–water partition coefficient (Wildman–Crippen LogP) is 2.31. The van der Waals surface area contributed by atoms with Crippen molar-refractivity contribution >= 4 is 26.6 Å². The van der Waals surface area contributed by atoms with Crippen LogP contribution < -0.4 is 10.5 Å². The van der Waals surface area contributed by atoms with Gasteiger partial charge in [0.05, 0.1) is 22.8 Å². The van der Waals surface area contributed by atoms with Gasteiger partial charge in [0.15, 0.2) is 15.5 Å². The Bertz CT molecular complexity index is 1320. The largest absolute Gasteiger partial charge is 0.507 e. The van der Waals surface area contributed by atoms with Crippen LogP contribution in [0.25, 0.3) is 22.4 Å². The van der Waals surface area contributed by atoms with Crippen molar-refractivity contribution in [2.75, 3.05) is 29.5 Å². The Hall–Kier alpha value is -2.88. The number of aryl methyl sites for hydroxylation is 1. The topological polar surface area (TPSA) is 121 Å². The van der Waals surface area contributed by atoms with Gasteiger partial charge in [-0.05, 0) is 25.0 Å². The first kappa shape index (κ1) is 21.0. The third-order valence-corrected chi connectivity index (χ3v) is 8.27. The second-order valence-corrected chi connectivity index (χ2v) is 11.1. The van der Waals surface area contributed by atoms with E-state index in [2.05, 4.69) is 15.1 Å². The molecule has 9 nitrogen and oxygen atoms in total. The highest BCUT2D eigenvalue weighted by atomic mass is 32.2. The van der Waals surface area contributed by atoms with Crippen LogP contribution >= 0.6 is 0 Å². The Balaban J connectivity index is 1.50. The molecule has 2 aliphatic rings. The molecule has 0 unspecified atom stereocenters. The minimum atomic E-state index is -2.98. The van der Waals surface area contributed by atoms with Crippen LogP contribution in [-0.2, 0) is 16.9 Å². The third-order valence-electron chi connectivity index (χ3n) is 6.66. The van der Waals surface area contributed by atoms with Crippen LogP contribution in [0, 0.1) is 0 Å². The van der Waals surface area contributed by atoms with Gasteiger partial charge >= 0.3 is 0 Å². The monoisotopic (exact) mass is 457 g/mol. The van der Waals surface area contributed by atoms with E-state index in [1.165, 1.54) is 6.42 Å². The summed E-state index contributed by atoms with van der Waals surface area (Å²) < 4.78 is 25.0. The summed E-state index contributed by atoms with van der Waals surface area (Å²) in [6.07, 6.45) is 5.59. The Labute approximate surface area is 186 Å². The number of anilines is 1. The van der Waals surface area contributed by atoms with E-state index in [4.69, 9.17) is 0 Å². The van der Waals surface area contributed by atoms with E-state index >= 15 is 0 Å². The zero-order valence-corrected chi connectivity index (χ0v) is 18.9. The minimum Gasteiger partial charge on any atom is -0.507 e. The van der Waals surface area contributed by atoms with Crippen molar-refractivity contribution in [3.63, 3.8) is 0 Å². The van der Waals surface area contributed by atoms with Crippen molar-refractivity contribution in [2.24, 2.45) is 7.05 Å². The molecule has 1 saturated heterocycles. The first-order chi connectivity index (χ1) is 15.3.